The molecule has 0 bridgehead atoms. The molecule has 0 radical (unpaired) electrons. The molecule has 0 saturated heterocycles. The van der Waals surface area contributed by atoms with Gasteiger partial charge in [-0.3, -0.25) is 0 Å². The van der Waals surface area contributed by atoms with Crippen molar-refractivity contribution in [2.24, 2.45) is 11.4 Å². The third-order valence-electron chi connectivity index (χ3n) is 3.76. The van der Waals surface area contributed by atoms with Gasteiger partial charge in [-0.25, -0.2) is 0 Å². The summed E-state index contributed by atoms with van der Waals surface area (Å²) in [6, 6.07) is 17.4. The summed E-state index contributed by atoms with van der Waals surface area (Å²) in [6.07, 6.45) is 0. The van der Waals surface area contributed by atoms with Crippen molar-refractivity contribution in [2.75, 3.05) is 0 Å². The second kappa shape index (κ2) is 6.03. The highest BCUT2D eigenvalue weighted by molar-refractivity contribution is 7.90. The number of pyridine rings is 1. The van der Waals surface area contributed by atoms with Crippen LogP contribution in [0.1, 0.15) is 0 Å². The molecule has 0 amide bonds. The lowest BCUT2D eigenvalue weighted by atomic mass is 10.0. The fourth-order valence-electron chi connectivity index (χ4n) is 2.54. The minimum absolute atomic E-state index is 0.296. The first-order chi connectivity index (χ1) is 11.7. The van der Waals surface area contributed by atoms with Gasteiger partial charge in [-0.1, -0.05) is 48.5 Å². The molecule has 0 aliphatic rings. The van der Waals surface area contributed by atoms with Gasteiger partial charge >= 0.3 is 15.5 Å². The third-order valence-corrected chi connectivity index (χ3v) is 4.78. The molecule has 25 heavy (non-hydrogen) atoms. The zero-order valence-corrected chi connectivity index (χ0v) is 13.8. The maximum Gasteiger partial charge on any atom is 0.518 e. The number of fused-ring (bicyclic) bond motifs is 1. The molecular formula is C17H13F3N2O2S. The van der Waals surface area contributed by atoms with Crippen molar-refractivity contribution in [1.29, 1.82) is 0 Å². The fraction of sp³-hybridized carbons (Fsp3) is 0.118. The van der Waals surface area contributed by atoms with Crippen LogP contribution in [0.2, 0.25) is 0 Å². The largest absolute Gasteiger partial charge is 0.518 e. The molecule has 0 spiro atoms. The highest BCUT2D eigenvalue weighted by atomic mass is 32.2. The van der Waals surface area contributed by atoms with Crippen LogP contribution in [0.3, 0.4) is 0 Å². The van der Waals surface area contributed by atoms with E-state index in [1.165, 1.54) is 17.7 Å². The molecule has 0 aliphatic heterocycles. The van der Waals surface area contributed by atoms with Gasteiger partial charge < -0.3 is 4.57 Å². The Kier molecular flexibility index (Phi) is 4.16. The van der Waals surface area contributed by atoms with Crippen LogP contribution in [0.5, 0.6) is 0 Å². The van der Waals surface area contributed by atoms with Gasteiger partial charge in [-0.15, -0.1) is 4.40 Å². The number of nitrogens with zero attached hydrogens (tertiary/aromatic N) is 2. The first kappa shape index (κ1) is 17.2. The maximum atomic E-state index is 12.7. The monoisotopic (exact) mass is 366 g/mol. The minimum atomic E-state index is -5.64. The van der Waals surface area contributed by atoms with E-state index >= 15 is 0 Å². The van der Waals surface area contributed by atoms with Crippen LogP contribution in [-0.4, -0.2) is 18.5 Å². The lowest BCUT2D eigenvalue weighted by molar-refractivity contribution is -0.0436. The van der Waals surface area contributed by atoms with Crippen molar-refractivity contribution in [3.8, 4) is 11.1 Å². The zero-order valence-electron chi connectivity index (χ0n) is 13.0. The Labute approximate surface area is 141 Å². The normalized spacial score (nSPS) is 13.4. The lowest BCUT2D eigenvalue weighted by Crippen LogP contribution is -2.27. The van der Waals surface area contributed by atoms with Crippen LogP contribution in [0.25, 0.3) is 22.0 Å². The Morgan fingerprint density at radius 3 is 2.20 bits per heavy atom. The van der Waals surface area contributed by atoms with E-state index in [9.17, 15) is 21.6 Å². The van der Waals surface area contributed by atoms with Crippen molar-refractivity contribution in [2.45, 2.75) is 5.51 Å². The van der Waals surface area contributed by atoms with E-state index in [0.29, 0.717) is 11.1 Å². The topological polar surface area (TPSA) is 51.4 Å². The minimum Gasteiger partial charge on any atom is -0.328 e. The van der Waals surface area contributed by atoms with Crippen LogP contribution < -0.4 is 5.49 Å². The average Bonchev–Trinajstić information content (AvgIpc) is 2.57. The SMILES string of the molecule is Cn1/c(=N\S(=O)(=O)C(F)(F)F)cc(-c2ccccc2)c2ccccc21. The van der Waals surface area contributed by atoms with Crippen LogP contribution in [-0.2, 0) is 17.1 Å². The standard InChI is InChI=1S/C17H13F3N2O2S/c1-22-15-10-6-5-9-13(15)14(12-7-3-2-4-8-12)11-16(22)21-25(23,24)17(18,19)20/h2-11H,1H3/b21-16-. The second-order valence-electron chi connectivity index (χ2n) is 5.37. The van der Waals surface area contributed by atoms with E-state index in [-0.39, 0.29) is 5.49 Å². The molecule has 0 atom stereocenters. The molecule has 1 heterocycles. The quantitative estimate of drug-likeness (QED) is 0.696. The van der Waals surface area contributed by atoms with Crippen molar-refractivity contribution in [1.82, 2.24) is 4.57 Å². The van der Waals surface area contributed by atoms with E-state index in [2.05, 4.69) is 4.40 Å². The van der Waals surface area contributed by atoms with Gasteiger partial charge in [0.25, 0.3) is 0 Å². The number of hydrogen-bond acceptors (Lipinski definition) is 2. The molecule has 0 N–H and O–H groups in total. The number of aromatic nitrogens is 1. The second-order valence-corrected chi connectivity index (χ2v) is 6.97. The number of rotatable bonds is 2. The van der Waals surface area contributed by atoms with E-state index < -0.39 is 15.5 Å². The average molecular weight is 366 g/mol. The van der Waals surface area contributed by atoms with Crippen LogP contribution in [0.4, 0.5) is 13.2 Å². The van der Waals surface area contributed by atoms with Gasteiger partial charge in [0.1, 0.15) is 5.49 Å². The number of aryl methyl sites for hydroxylation is 1. The summed E-state index contributed by atoms with van der Waals surface area (Å²) in [5.41, 5.74) is -3.82. The van der Waals surface area contributed by atoms with Gasteiger partial charge in [0, 0.05) is 18.0 Å². The summed E-state index contributed by atoms with van der Waals surface area (Å²) >= 11 is 0. The number of halogens is 3. The van der Waals surface area contributed by atoms with Gasteiger partial charge in [0.2, 0.25) is 0 Å². The first-order valence-corrected chi connectivity index (χ1v) is 8.66. The summed E-state index contributed by atoms with van der Waals surface area (Å²) < 4.78 is 65.3. The van der Waals surface area contributed by atoms with E-state index in [4.69, 9.17) is 0 Å². The van der Waals surface area contributed by atoms with Crippen LogP contribution >= 0.6 is 0 Å². The number of benzene rings is 2. The van der Waals surface area contributed by atoms with Crippen LogP contribution in [0, 0.1) is 0 Å². The van der Waals surface area contributed by atoms with E-state index in [1.54, 1.807) is 42.5 Å². The molecule has 0 fully saturated rings. The van der Waals surface area contributed by atoms with Gasteiger partial charge in [-0.05, 0) is 23.3 Å². The summed E-state index contributed by atoms with van der Waals surface area (Å²) in [7, 11) is -4.16. The van der Waals surface area contributed by atoms with Crippen LogP contribution in [0.15, 0.2) is 65.1 Å². The predicted octanol–water partition coefficient (Wildman–Crippen LogP) is 3.60. The van der Waals surface area contributed by atoms with Crippen molar-refractivity contribution < 1.29 is 21.6 Å². The molecule has 8 heteroatoms. The Hall–Kier alpha value is -2.61. The van der Waals surface area contributed by atoms with Gasteiger partial charge in [0.05, 0.1) is 0 Å². The molecule has 4 nitrogen and oxygen atoms in total. The van der Waals surface area contributed by atoms with E-state index in [0.717, 1.165) is 10.9 Å². The highest BCUT2D eigenvalue weighted by Crippen LogP contribution is 2.28. The summed E-state index contributed by atoms with van der Waals surface area (Å²) in [4.78, 5) is 0. The molecule has 1 aromatic heterocycles. The molecule has 2 aromatic carbocycles. The molecule has 3 rings (SSSR count). The summed E-state index contributed by atoms with van der Waals surface area (Å²) in [5.74, 6) is 0. The number of para-hydroxylation sites is 1. The predicted molar refractivity (Wildman–Crippen MR) is 88.9 cm³/mol. The molecule has 0 saturated carbocycles. The maximum absolute atomic E-state index is 12.7. The Balaban J connectivity index is 2.42. The summed E-state index contributed by atoms with van der Waals surface area (Å²) in [5, 5.41) is 0.777. The number of hydrogen-bond donors (Lipinski definition) is 0. The molecule has 0 aliphatic carbocycles. The molecule has 130 valence electrons. The van der Waals surface area contributed by atoms with E-state index in [1.807, 2.05) is 12.1 Å². The number of alkyl halides is 3. The Bertz CT molecular complexity index is 1100. The molecular weight excluding hydrogens is 353 g/mol. The smallest absolute Gasteiger partial charge is 0.328 e. The third kappa shape index (κ3) is 3.17. The lowest BCUT2D eigenvalue weighted by Gasteiger charge is -2.12. The molecule has 3 aromatic rings. The summed E-state index contributed by atoms with van der Waals surface area (Å²) in [6.45, 7) is 0. The van der Waals surface area contributed by atoms with Crippen molar-refractivity contribution in [3.63, 3.8) is 0 Å². The Morgan fingerprint density at radius 2 is 1.56 bits per heavy atom. The fourth-order valence-corrected chi connectivity index (χ4v) is 3.06. The zero-order chi connectivity index (χ0) is 18.2. The van der Waals surface area contributed by atoms with Crippen molar-refractivity contribution >= 4 is 20.9 Å². The molecule has 0 unspecified atom stereocenters. The van der Waals surface area contributed by atoms with Crippen molar-refractivity contribution in [3.05, 3.63) is 66.2 Å². The Morgan fingerprint density at radius 1 is 0.960 bits per heavy atom. The van der Waals surface area contributed by atoms with Gasteiger partial charge in [0.15, 0.2) is 0 Å². The number of sulfonamides is 1. The first-order valence-electron chi connectivity index (χ1n) is 7.22. The van der Waals surface area contributed by atoms with Gasteiger partial charge in [-0.2, -0.15) is 21.6 Å². The highest BCUT2D eigenvalue weighted by Gasteiger charge is 2.46.